The number of nitrogens with one attached hydrogen (secondary N) is 2. The molecule has 0 amide bonds. The fourth-order valence-corrected chi connectivity index (χ4v) is 5.33. The quantitative estimate of drug-likeness (QED) is 0.430. The Morgan fingerprint density at radius 1 is 1.25 bits per heavy atom. The van der Waals surface area contributed by atoms with E-state index >= 15 is 4.39 Å². The van der Waals surface area contributed by atoms with E-state index < -0.39 is 15.8 Å². The van der Waals surface area contributed by atoms with Crippen LogP contribution in [0.25, 0.3) is 32.1 Å². The van der Waals surface area contributed by atoms with Crippen LogP contribution in [0.15, 0.2) is 40.5 Å². The van der Waals surface area contributed by atoms with Gasteiger partial charge < -0.3 is 9.72 Å². The highest BCUT2D eigenvalue weighted by atomic mass is 32.2. The van der Waals surface area contributed by atoms with Gasteiger partial charge in [0.25, 0.3) is 5.56 Å². The molecule has 4 rings (SSSR count). The van der Waals surface area contributed by atoms with E-state index in [1.54, 1.807) is 26.2 Å². The third-order valence-electron chi connectivity index (χ3n) is 5.56. The number of ether oxygens (including phenoxy) is 1. The van der Waals surface area contributed by atoms with Gasteiger partial charge in [-0.3, -0.25) is 4.79 Å². The number of aromatic nitrogens is 1. The molecule has 32 heavy (non-hydrogen) atoms. The molecule has 2 aromatic heterocycles. The van der Waals surface area contributed by atoms with Crippen molar-refractivity contribution >= 4 is 42.3 Å². The number of aryl methyl sites for hydroxylation is 1. The summed E-state index contributed by atoms with van der Waals surface area (Å²) in [5.74, 6) is -0.212. The van der Waals surface area contributed by atoms with Crippen LogP contribution < -0.4 is 15.0 Å². The molecule has 0 unspecified atom stereocenters. The van der Waals surface area contributed by atoms with Crippen LogP contribution in [0.1, 0.15) is 24.0 Å². The molecule has 0 aliphatic carbocycles. The normalized spacial score (nSPS) is 13.0. The molecule has 0 saturated carbocycles. The summed E-state index contributed by atoms with van der Waals surface area (Å²) in [7, 11) is -1.80. The van der Waals surface area contributed by atoms with Gasteiger partial charge in [-0.2, -0.15) is 0 Å². The first kappa shape index (κ1) is 22.4. The van der Waals surface area contributed by atoms with E-state index in [0.717, 1.165) is 22.6 Å². The molecule has 2 heterocycles. The van der Waals surface area contributed by atoms with Gasteiger partial charge in [0.2, 0.25) is 10.0 Å². The Kier molecular flexibility index (Phi) is 5.83. The third-order valence-corrected chi connectivity index (χ3v) is 7.16. The number of pyridine rings is 1. The van der Waals surface area contributed by atoms with E-state index in [0.29, 0.717) is 32.7 Å². The van der Waals surface area contributed by atoms with E-state index in [-0.39, 0.29) is 18.0 Å². The van der Waals surface area contributed by atoms with Crippen molar-refractivity contribution in [3.8, 4) is 16.9 Å². The molecule has 0 radical (unpaired) electrons. The van der Waals surface area contributed by atoms with Crippen molar-refractivity contribution in [3.63, 3.8) is 0 Å². The van der Waals surface area contributed by atoms with Gasteiger partial charge in [-0.15, -0.1) is 11.3 Å². The lowest BCUT2D eigenvalue weighted by Gasteiger charge is -2.17. The molecule has 2 N–H and O–H groups in total. The Morgan fingerprint density at radius 2 is 2.00 bits per heavy atom. The average molecular weight is 475 g/mol. The van der Waals surface area contributed by atoms with E-state index in [1.165, 1.54) is 17.4 Å². The van der Waals surface area contributed by atoms with Crippen molar-refractivity contribution in [2.75, 3.05) is 19.9 Å². The minimum absolute atomic E-state index is 0.0998. The second kappa shape index (κ2) is 8.31. The summed E-state index contributed by atoms with van der Waals surface area (Å²) >= 11 is 1.35. The lowest BCUT2D eigenvalue weighted by atomic mass is 9.92. The summed E-state index contributed by atoms with van der Waals surface area (Å²) in [6.45, 7) is 3.75. The number of hydrogen-bond donors (Lipinski definition) is 2. The van der Waals surface area contributed by atoms with Gasteiger partial charge >= 0.3 is 0 Å². The standard InChI is InChI=1S/C23H23FN2O4S2/c1-12-9-18(30-3)19(20-16-7-8-31-22(16)23(27)26-21(12)20)14-5-6-15(17(24)10-14)13(2)11-25-32(4,28)29/h5-10,13,25H,11H2,1-4H3,(H,26,27)/t13-/m0/s1. The minimum Gasteiger partial charge on any atom is -0.496 e. The maximum absolute atomic E-state index is 15.2. The van der Waals surface area contributed by atoms with E-state index in [4.69, 9.17) is 4.74 Å². The second-order valence-electron chi connectivity index (χ2n) is 7.90. The number of benzene rings is 2. The van der Waals surface area contributed by atoms with Crippen molar-refractivity contribution in [2.24, 2.45) is 0 Å². The smallest absolute Gasteiger partial charge is 0.266 e. The fraction of sp³-hybridized carbons (Fsp3) is 0.261. The maximum atomic E-state index is 15.2. The molecule has 168 valence electrons. The Balaban J connectivity index is 1.92. The number of H-pyrrole nitrogens is 1. The zero-order valence-corrected chi connectivity index (χ0v) is 19.7. The van der Waals surface area contributed by atoms with Gasteiger partial charge in [0.1, 0.15) is 16.3 Å². The van der Waals surface area contributed by atoms with Crippen LogP contribution in [0.4, 0.5) is 4.39 Å². The lowest BCUT2D eigenvalue weighted by molar-refractivity contribution is 0.416. The molecule has 9 heteroatoms. The first-order valence-electron chi connectivity index (χ1n) is 9.96. The Morgan fingerprint density at radius 3 is 2.66 bits per heavy atom. The summed E-state index contributed by atoms with van der Waals surface area (Å²) in [4.78, 5) is 15.5. The topological polar surface area (TPSA) is 88.3 Å². The summed E-state index contributed by atoms with van der Waals surface area (Å²) in [6.07, 6.45) is 1.07. The number of aromatic amines is 1. The first-order chi connectivity index (χ1) is 15.1. The predicted molar refractivity (Wildman–Crippen MR) is 128 cm³/mol. The maximum Gasteiger partial charge on any atom is 0.266 e. The van der Waals surface area contributed by atoms with E-state index in [2.05, 4.69) is 9.71 Å². The first-order valence-corrected chi connectivity index (χ1v) is 12.7. The minimum atomic E-state index is -3.36. The van der Waals surface area contributed by atoms with Gasteiger partial charge in [0.15, 0.2) is 0 Å². The van der Waals surface area contributed by atoms with Gasteiger partial charge in [0.05, 0.1) is 18.9 Å². The number of methoxy groups -OCH3 is 1. The van der Waals surface area contributed by atoms with Crippen LogP contribution >= 0.6 is 11.3 Å². The summed E-state index contributed by atoms with van der Waals surface area (Å²) in [5.41, 5.74) is 3.09. The van der Waals surface area contributed by atoms with Crippen LogP contribution in [-0.2, 0) is 10.0 Å². The van der Waals surface area contributed by atoms with Gasteiger partial charge in [0, 0.05) is 22.9 Å². The van der Waals surface area contributed by atoms with Crippen LogP contribution in [0, 0.1) is 12.7 Å². The molecular formula is C23H23FN2O4S2. The van der Waals surface area contributed by atoms with Crippen molar-refractivity contribution in [1.29, 1.82) is 0 Å². The molecule has 0 fully saturated rings. The van der Waals surface area contributed by atoms with Crippen molar-refractivity contribution in [2.45, 2.75) is 19.8 Å². The molecular weight excluding hydrogens is 451 g/mol. The van der Waals surface area contributed by atoms with Gasteiger partial charge in [-0.1, -0.05) is 19.1 Å². The second-order valence-corrected chi connectivity index (χ2v) is 10.6. The average Bonchev–Trinajstić information content (AvgIpc) is 3.22. The monoisotopic (exact) mass is 474 g/mol. The molecule has 0 saturated heterocycles. The van der Waals surface area contributed by atoms with Crippen LogP contribution in [0.5, 0.6) is 5.75 Å². The number of halogens is 1. The lowest BCUT2D eigenvalue weighted by Crippen LogP contribution is -2.26. The SMILES string of the molecule is COc1cc(C)c2[nH]c(=O)c3sccc3c2c1-c1ccc([C@@H](C)CNS(C)(=O)=O)c(F)c1. The largest absolute Gasteiger partial charge is 0.496 e. The highest BCUT2D eigenvalue weighted by Gasteiger charge is 2.20. The summed E-state index contributed by atoms with van der Waals surface area (Å²) < 4.78 is 46.6. The number of thiophene rings is 1. The molecule has 4 aromatic rings. The number of rotatable bonds is 6. The Bertz CT molecular complexity index is 1510. The molecule has 1 atom stereocenters. The summed E-state index contributed by atoms with van der Waals surface area (Å²) in [5, 5.41) is 3.45. The third kappa shape index (κ3) is 4.03. The zero-order chi connectivity index (χ0) is 23.2. The van der Waals surface area contributed by atoms with Gasteiger partial charge in [-0.25, -0.2) is 17.5 Å². The molecule has 6 nitrogen and oxygen atoms in total. The fourth-order valence-electron chi connectivity index (χ4n) is 3.99. The Labute approximate surface area is 189 Å². The van der Waals surface area contributed by atoms with Crippen molar-refractivity contribution in [3.05, 3.63) is 63.0 Å². The number of fused-ring (bicyclic) bond motifs is 3. The molecule has 0 aliphatic heterocycles. The molecule has 0 bridgehead atoms. The van der Waals surface area contributed by atoms with Gasteiger partial charge in [-0.05, 0) is 53.1 Å². The van der Waals surface area contributed by atoms with Crippen molar-refractivity contribution in [1.82, 2.24) is 9.71 Å². The Hall–Kier alpha value is -2.75. The molecule has 2 aromatic carbocycles. The van der Waals surface area contributed by atoms with Crippen molar-refractivity contribution < 1.29 is 17.5 Å². The van der Waals surface area contributed by atoms with E-state index in [9.17, 15) is 13.2 Å². The number of sulfonamides is 1. The van der Waals surface area contributed by atoms with E-state index in [1.807, 2.05) is 24.4 Å². The van der Waals surface area contributed by atoms with Crippen LogP contribution in [0.3, 0.4) is 0 Å². The molecule has 0 aliphatic rings. The summed E-state index contributed by atoms with van der Waals surface area (Å²) in [6, 6.07) is 8.62. The number of hydrogen-bond acceptors (Lipinski definition) is 5. The highest BCUT2D eigenvalue weighted by Crippen LogP contribution is 2.42. The van der Waals surface area contributed by atoms with Crippen LogP contribution in [0.2, 0.25) is 0 Å². The highest BCUT2D eigenvalue weighted by molar-refractivity contribution is 7.88. The zero-order valence-electron chi connectivity index (χ0n) is 18.1. The molecule has 0 spiro atoms. The van der Waals surface area contributed by atoms with Crippen LogP contribution in [-0.4, -0.2) is 33.3 Å². The predicted octanol–water partition coefficient (Wildman–Crippen LogP) is 4.52.